The Labute approximate surface area is 219 Å². The number of ether oxygens (including phenoxy) is 2. The van der Waals surface area contributed by atoms with Crippen LogP contribution in [0.4, 0.5) is 0 Å². The van der Waals surface area contributed by atoms with Gasteiger partial charge in [-0.3, -0.25) is 4.99 Å². The number of benzene rings is 2. The van der Waals surface area contributed by atoms with Gasteiger partial charge in [0.05, 0.1) is 21.7 Å². The Hall–Kier alpha value is -2.61. The molecule has 0 amide bonds. The molecule has 0 radical (unpaired) electrons. The van der Waals surface area contributed by atoms with Crippen LogP contribution >= 0.6 is 23.4 Å². The summed E-state index contributed by atoms with van der Waals surface area (Å²) in [5.41, 5.74) is 4.90. The summed E-state index contributed by atoms with van der Waals surface area (Å²) >= 11 is 8.24. The van der Waals surface area contributed by atoms with Crippen molar-refractivity contribution in [3.05, 3.63) is 81.5 Å². The second-order valence-corrected chi connectivity index (χ2v) is 10.8. The van der Waals surface area contributed by atoms with Gasteiger partial charge in [0, 0.05) is 11.6 Å². The van der Waals surface area contributed by atoms with Crippen LogP contribution in [0.3, 0.4) is 0 Å². The number of terminal acetylenes is 1. The zero-order chi connectivity index (χ0) is 25.6. The van der Waals surface area contributed by atoms with Gasteiger partial charge in [-0.1, -0.05) is 49.1 Å². The number of rotatable bonds is 9. The van der Waals surface area contributed by atoms with Crippen molar-refractivity contribution in [3.63, 3.8) is 0 Å². The summed E-state index contributed by atoms with van der Waals surface area (Å²) in [5.74, 6) is 4.19. The van der Waals surface area contributed by atoms with Gasteiger partial charge in [0.25, 0.3) is 0 Å². The molecule has 3 nitrogen and oxygen atoms in total. The number of aliphatic imine (C=N–C) groups is 1. The molecule has 35 heavy (non-hydrogen) atoms. The molecule has 0 spiro atoms. The number of thioether (sulfide) groups is 1. The third-order valence-electron chi connectivity index (χ3n) is 6.17. The van der Waals surface area contributed by atoms with Crippen molar-refractivity contribution in [1.82, 2.24) is 0 Å². The molecule has 0 heterocycles. The van der Waals surface area contributed by atoms with Crippen molar-refractivity contribution in [3.8, 4) is 23.8 Å². The third-order valence-corrected chi connectivity index (χ3v) is 7.15. The highest BCUT2D eigenvalue weighted by Crippen LogP contribution is 2.40. The number of hydrogen-bond donors (Lipinski definition) is 0. The largest absolute Gasteiger partial charge is 0.489 e. The lowest BCUT2D eigenvalue weighted by atomic mass is 9.77. The van der Waals surface area contributed by atoms with E-state index < -0.39 is 0 Å². The lowest BCUT2D eigenvalue weighted by Gasteiger charge is -2.27. The van der Waals surface area contributed by atoms with E-state index in [0.29, 0.717) is 22.9 Å². The van der Waals surface area contributed by atoms with Gasteiger partial charge < -0.3 is 9.47 Å². The first kappa shape index (κ1) is 27.0. The second-order valence-electron chi connectivity index (χ2n) is 9.43. The van der Waals surface area contributed by atoms with Gasteiger partial charge in [0.15, 0.2) is 5.75 Å². The Morgan fingerprint density at radius 1 is 1.17 bits per heavy atom. The monoisotopic (exact) mass is 507 g/mol. The summed E-state index contributed by atoms with van der Waals surface area (Å²) in [6.45, 7) is 11.0. The predicted molar refractivity (Wildman–Crippen MR) is 151 cm³/mol. The third kappa shape index (κ3) is 7.19. The average Bonchev–Trinajstić information content (AvgIpc) is 3.66. The molecule has 0 aliphatic heterocycles. The van der Waals surface area contributed by atoms with E-state index in [1.54, 1.807) is 11.8 Å². The van der Waals surface area contributed by atoms with Gasteiger partial charge in [-0.15, -0.1) is 18.2 Å². The van der Waals surface area contributed by atoms with Crippen LogP contribution in [0.1, 0.15) is 64.2 Å². The molecular formula is C30H34ClNO2S. The van der Waals surface area contributed by atoms with E-state index >= 15 is 0 Å². The SMILES string of the molecule is C#Cc1cc(C(C)(C)c2ccc(OCC(/C=C\N=C(C)SC)=C(C)C)cc2)cc(Cl)c1OC1CC1. The Kier molecular flexibility index (Phi) is 9.16. The van der Waals surface area contributed by atoms with E-state index in [4.69, 9.17) is 27.5 Å². The lowest BCUT2D eigenvalue weighted by Crippen LogP contribution is -2.19. The Balaban J connectivity index is 1.74. The summed E-state index contributed by atoms with van der Waals surface area (Å²) in [5, 5.41) is 1.59. The predicted octanol–water partition coefficient (Wildman–Crippen LogP) is 8.20. The normalized spacial score (nSPS) is 14.1. The van der Waals surface area contributed by atoms with Gasteiger partial charge in [-0.05, 0) is 86.9 Å². The molecule has 1 saturated carbocycles. The zero-order valence-corrected chi connectivity index (χ0v) is 23.0. The Morgan fingerprint density at radius 3 is 2.43 bits per heavy atom. The van der Waals surface area contributed by atoms with Gasteiger partial charge in [0.2, 0.25) is 0 Å². The van der Waals surface area contributed by atoms with Crippen molar-refractivity contribution in [2.75, 3.05) is 12.9 Å². The zero-order valence-electron chi connectivity index (χ0n) is 21.4. The first-order valence-electron chi connectivity index (χ1n) is 11.8. The maximum absolute atomic E-state index is 6.60. The van der Waals surface area contributed by atoms with Crippen molar-refractivity contribution in [2.45, 2.75) is 59.0 Å². The fourth-order valence-corrected chi connectivity index (χ4v) is 3.90. The van der Waals surface area contributed by atoms with Crippen molar-refractivity contribution < 1.29 is 9.47 Å². The van der Waals surface area contributed by atoms with E-state index in [-0.39, 0.29) is 11.5 Å². The van der Waals surface area contributed by atoms with Gasteiger partial charge in [-0.25, -0.2) is 0 Å². The van der Waals surface area contributed by atoms with E-state index in [1.807, 2.05) is 49.7 Å². The van der Waals surface area contributed by atoms with Gasteiger partial charge in [0.1, 0.15) is 12.4 Å². The highest BCUT2D eigenvalue weighted by atomic mass is 35.5. The molecule has 0 N–H and O–H groups in total. The molecular weight excluding hydrogens is 474 g/mol. The van der Waals surface area contributed by atoms with E-state index in [2.05, 4.69) is 50.7 Å². The minimum absolute atomic E-state index is 0.237. The quantitative estimate of drug-likeness (QED) is 0.148. The molecule has 0 atom stereocenters. The highest BCUT2D eigenvalue weighted by molar-refractivity contribution is 8.13. The van der Waals surface area contributed by atoms with Crippen molar-refractivity contribution in [1.29, 1.82) is 0 Å². The van der Waals surface area contributed by atoms with Crippen molar-refractivity contribution in [2.24, 2.45) is 4.99 Å². The molecule has 184 valence electrons. The minimum Gasteiger partial charge on any atom is -0.489 e. The topological polar surface area (TPSA) is 30.8 Å². The fourth-order valence-electron chi connectivity index (χ4n) is 3.47. The van der Waals surface area contributed by atoms with E-state index in [9.17, 15) is 0 Å². The summed E-state index contributed by atoms with van der Waals surface area (Å²) in [7, 11) is 0. The van der Waals surface area contributed by atoms with Crippen LogP contribution < -0.4 is 9.47 Å². The molecule has 1 aliphatic carbocycles. The van der Waals surface area contributed by atoms with Crippen LogP contribution in [0.15, 0.2) is 64.8 Å². The number of nitrogens with zero attached hydrogens (tertiary/aromatic N) is 1. The molecule has 2 aromatic carbocycles. The second kappa shape index (κ2) is 11.9. The van der Waals surface area contributed by atoms with E-state index in [0.717, 1.165) is 40.3 Å². The molecule has 2 aromatic rings. The van der Waals surface area contributed by atoms with Crippen molar-refractivity contribution >= 4 is 28.4 Å². The molecule has 1 fully saturated rings. The van der Waals surface area contributed by atoms with Crippen LogP contribution in [-0.2, 0) is 5.41 Å². The standard InChI is InChI=1S/C30H34ClNO2S/c1-8-22-17-25(18-28(31)29(22)34-27-13-14-27)30(5,6)24-9-11-26(12-10-24)33-19-23(20(2)3)15-16-32-21(4)35-7/h1,9-12,15-18,27H,13-14,19H2,2-7H3/b16-15-,32-21?. The first-order valence-corrected chi connectivity index (χ1v) is 13.4. The molecule has 0 bridgehead atoms. The van der Waals surface area contributed by atoms with Crippen LogP contribution in [0, 0.1) is 12.3 Å². The molecule has 0 saturated heterocycles. The number of allylic oxidation sites excluding steroid dienone is 1. The molecule has 5 heteroatoms. The first-order chi connectivity index (χ1) is 16.6. The lowest BCUT2D eigenvalue weighted by molar-refractivity contribution is 0.302. The van der Waals surface area contributed by atoms with E-state index in [1.165, 1.54) is 5.57 Å². The molecule has 1 aliphatic rings. The van der Waals surface area contributed by atoms with Crippen LogP contribution in [-0.4, -0.2) is 24.0 Å². The fraction of sp³-hybridized carbons (Fsp3) is 0.367. The number of halogens is 1. The summed E-state index contributed by atoms with van der Waals surface area (Å²) in [6.07, 6.45) is 14.0. The highest BCUT2D eigenvalue weighted by Gasteiger charge is 2.29. The van der Waals surface area contributed by atoms with Crippen LogP contribution in [0.5, 0.6) is 11.5 Å². The average molecular weight is 508 g/mol. The molecule has 0 unspecified atom stereocenters. The summed E-state index contributed by atoms with van der Waals surface area (Å²) in [6, 6.07) is 12.2. The maximum Gasteiger partial charge on any atom is 0.153 e. The number of hydrogen-bond acceptors (Lipinski definition) is 4. The van der Waals surface area contributed by atoms with Crippen LogP contribution in [0.25, 0.3) is 0 Å². The Morgan fingerprint density at radius 2 is 1.86 bits per heavy atom. The van der Waals surface area contributed by atoms with Crippen LogP contribution in [0.2, 0.25) is 5.02 Å². The van der Waals surface area contributed by atoms with Gasteiger partial charge in [-0.2, -0.15) is 0 Å². The minimum atomic E-state index is -0.299. The summed E-state index contributed by atoms with van der Waals surface area (Å²) < 4.78 is 12.0. The summed E-state index contributed by atoms with van der Waals surface area (Å²) in [4.78, 5) is 4.41. The van der Waals surface area contributed by atoms with Gasteiger partial charge >= 0.3 is 0 Å². The molecule has 3 rings (SSSR count). The maximum atomic E-state index is 6.60. The molecule has 0 aromatic heterocycles. The Bertz CT molecular complexity index is 1180. The smallest absolute Gasteiger partial charge is 0.153 e.